The molecule has 0 fully saturated rings. The van der Waals surface area contributed by atoms with Gasteiger partial charge in [0.05, 0.1) is 5.56 Å². The van der Waals surface area contributed by atoms with E-state index in [0.717, 1.165) is 10.5 Å². The first-order valence-electron chi connectivity index (χ1n) is 6.90. The summed E-state index contributed by atoms with van der Waals surface area (Å²) in [5.41, 5.74) is 1.08. The molecule has 6 heteroatoms. The molecule has 4 nitrogen and oxygen atoms in total. The van der Waals surface area contributed by atoms with Crippen LogP contribution < -0.4 is 5.32 Å². The molecule has 2 aromatic carbocycles. The first-order valence-corrected chi connectivity index (χ1v) is 7.69. The molecule has 0 heterocycles. The molecule has 0 aliphatic heterocycles. The van der Waals surface area contributed by atoms with Gasteiger partial charge in [0.2, 0.25) is 0 Å². The van der Waals surface area contributed by atoms with E-state index in [1.807, 2.05) is 0 Å². The van der Waals surface area contributed by atoms with E-state index in [-0.39, 0.29) is 5.56 Å². The third-order valence-corrected chi connectivity index (χ3v) is 3.70. The molecule has 2 aromatic rings. The van der Waals surface area contributed by atoms with Gasteiger partial charge < -0.3 is 10.1 Å². The van der Waals surface area contributed by atoms with Crippen LogP contribution in [-0.4, -0.2) is 18.0 Å². The van der Waals surface area contributed by atoms with Crippen molar-refractivity contribution < 1.29 is 18.7 Å². The minimum atomic E-state index is -1.00. The number of anilines is 1. The number of nitrogens with one attached hydrogen (secondary N) is 1. The van der Waals surface area contributed by atoms with E-state index in [2.05, 4.69) is 21.2 Å². The Morgan fingerprint density at radius 1 is 1.17 bits per heavy atom. The number of amides is 1. The first-order chi connectivity index (χ1) is 10.9. The minimum absolute atomic E-state index is 0.0661. The van der Waals surface area contributed by atoms with Gasteiger partial charge in [0, 0.05) is 10.2 Å². The zero-order chi connectivity index (χ0) is 17.0. The standard InChI is InChI=1S/C17H15BrFNO3/c1-10-3-4-12(9-15(10)19)17(22)23-11(2)16(21)20-14-7-5-13(18)6-8-14/h3-9,11H,1-2H3,(H,20,21)/t11-/m0/s1. The molecule has 0 aliphatic carbocycles. The fourth-order valence-corrected chi connectivity index (χ4v) is 2.04. The summed E-state index contributed by atoms with van der Waals surface area (Å²) in [6.45, 7) is 3.05. The Morgan fingerprint density at radius 2 is 1.83 bits per heavy atom. The molecule has 0 saturated carbocycles. The van der Waals surface area contributed by atoms with Gasteiger partial charge in [-0.1, -0.05) is 22.0 Å². The van der Waals surface area contributed by atoms with Crippen molar-refractivity contribution >= 4 is 33.5 Å². The van der Waals surface area contributed by atoms with Crippen molar-refractivity contribution in [2.75, 3.05) is 5.32 Å². The van der Waals surface area contributed by atoms with Gasteiger partial charge in [-0.3, -0.25) is 4.79 Å². The van der Waals surface area contributed by atoms with Crippen LogP contribution in [0.5, 0.6) is 0 Å². The molecule has 1 atom stereocenters. The van der Waals surface area contributed by atoms with Gasteiger partial charge >= 0.3 is 5.97 Å². The van der Waals surface area contributed by atoms with E-state index in [9.17, 15) is 14.0 Å². The van der Waals surface area contributed by atoms with Gasteiger partial charge in [0.15, 0.2) is 6.10 Å². The van der Waals surface area contributed by atoms with E-state index in [1.54, 1.807) is 31.2 Å². The lowest BCUT2D eigenvalue weighted by Crippen LogP contribution is -2.30. The van der Waals surface area contributed by atoms with Crippen molar-refractivity contribution in [3.05, 3.63) is 63.9 Å². The minimum Gasteiger partial charge on any atom is -0.449 e. The average molecular weight is 380 g/mol. The molecule has 0 saturated heterocycles. The predicted molar refractivity (Wildman–Crippen MR) is 88.8 cm³/mol. The largest absolute Gasteiger partial charge is 0.449 e. The number of rotatable bonds is 4. The van der Waals surface area contributed by atoms with Crippen LogP contribution in [0.25, 0.3) is 0 Å². The first kappa shape index (κ1) is 17.1. The molecule has 120 valence electrons. The Hall–Kier alpha value is -2.21. The van der Waals surface area contributed by atoms with Crippen LogP contribution in [0.1, 0.15) is 22.8 Å². The zero-order valence-electron chi connectivity index (χ0n) is 12.6. The van der Waals surface area contributed by atoms with Crippen LogP contribution in [-0.2, 0) is 9.53 Å². The quantitative estimate of drug-likeness (QED) is 0.814. The summed E-state index contributed by atoms with van der Waals surface area (Å²) in [4.78, 5) is 24.0. The van der Waals surface area contributed by atoms with Crippen LogP contribution in [0.15, 0.2) is 46.9 Å². The molecule has 0 bridgehead atoms. The summed E-state index contributed by atoms with van der Waals surface area (Å²) in [6, 6.07) is 11.0. The average Bonchev–Trinajstić information content (AvgIpc) is 2.52. The van der Waals surface area contributed by atoms with E-state index >= 15 is 0 Å². The predicted octanol–water partition coefficient (Wildman–Crippen LogP) is 4.08. The summed E-state index contributed by atoms with van der Waals surface area (Å²) < 4.78 is 19.4. The highest BCUT2D eigenvalue weighted by Crippen LogP contribution is 2.15. The van der Waals surface area contributed by atoms with E-state index in [4.69, 9.17) is 4.74 Å². The van der Waals surface area contributed by atoms with E-state index < -0.39 is 23.8 Å². The van der Waals surface area contributed by atoms with Gasteiger partial charge in [-0.15, -0.1) is 0 Å². The molecule has 0 spiro atoms. The third-order valence-electron chi connectivity index (χ3n) is 3.17. The normalized spacial score (nSPS) is 11.7. The summed E-state index contributed by atoms with van der Waals surface area (Å²) >= 11 is 3.30. The number of hydrogen-bond donors (Lipinski definition) is 1. The van der Waals surface area contributed by atoms with E-state index in [0.29, 0.717) is 11.3 Å². The number of halogens is 2. The summed E-state index contributed by atoms with van der Waals surface area (Å²) in [6.07, 6.45) is -1.00. The Kier molecular flexibility index (Phi) is 5.50. The number of ether oxygens (including phenoxy) is 1. The number of carbonyl (C=O) groups is 2. The molecule has 0 radical (unpaired) electrons. The van der Waals surface area contributed by atoms with Crippen molar-refractivity contribution in [2.45, 2.75) is 20.0 Å². The number of esters is 1. The molecule has 0 unspecified atom stereocenters. The molecule has 23 heavy (non-hydrogen) atoms. The third kappa shape index (κ3) is 4.63. The van der Waals surface area contributed by atoms with Crippen LogP contribution in [0.3, 0.4) is 0 Å². The van der Waals surface area contributed by atoms with Gasteiger partial charge in [-0.05, 0) is 55.8 Å². The van der Waals surface area contributed by atoms with Crippen molar-refractivity contribution in [2.24, 2.45) is 0 Å². The molecule has 2 rings (SSSR count). The molecular weight excluding hydrogens is 365 g/mol. The fourth-order valence-electron chi connectivity index (χ4n) is 1.78. The lowest BCUT2D eigenvalue weighted by Gasteiger charge is -2.14. The van der Waals surface area contributed by atoms with Crippen molar-refractivity contribution in [1.29, 1.82) is 0 Å². The second kappa shape index (κ2) is 7.37. The number of aryl methyl sites for hydroxylation is 1. The monoisotopic (exact) mass is 379 g/mol. The Labute approximate surface area is 141 Å². The lowest BCUT2D eigenvalue weighted by molar-refractivity contribution is -0.123. The number of carbonyl (C=O) groups excluding carboxylic acids is 2. The molecular formula is C17H15BrFNO3. The Morgan fingerprint density at radius 3 is 2.43 bits per heavy atom. The van der Waals surface area contributed by atoms with Gasteiger partial charge in [0.25, 0.3) is 5.91 Å². The lowest BCUT2D eigenvalue weighted by atomic mass is 10.1. The van der Waals surface area contributed by atoms with Crippen LogP contribution in [0.4, 0.5) is 10.1 Å². The number of hydrogen-bond acceptors (Lipinski definition) is 3. The van der Waals surface area contributed by atoms with Gasteiger partial charge in [-0.2, -0.15) is 0 Å². The SMILES string of the molecule is Cc1ccc(C(=O)O[C@@H](C)C(=O)Nc2ccc(Br)cc2)cc1F. The topological polar surface area (TPSA) is 55.4 Å². The second-order valence-electron chi connectivity index (χ2n) is 5.01. The highest BCUT2D eigenvalue weighted by molar-refractivity contribution is 9.10. The molecule has 0 aromatic heterocycles. The van der Waals surface area contributed by atoms with Crippen LogP contribution >= 0.6 is 15.9 Å². The fraction of sp³-hybridized carbons (Fsp3) is 0.176. The van der Waals surface area contributed by atoms with Gasteiger partial charge in [0.1, 0.15) is 5.82 Å². The van der Waals surface area contributed by atoms with Gasteiger partial charge in [-0.25, -0.2) is 9.18 Å². The van der Waals surface area contributed by atoms with Crippen LogP contribution in [0.2, 0.25) is 0 Å². The summed E-state index contributed by atoms with van der Waals surface area (Å²) in [7, 11) is 0. The van der Waals surface area contributed by atoms with Crippen LogP contribution in [0, 0.1) is 12.7 Å². The van der Waals surface area contributed by atoms with Crippen molar-refractivity contribution in [1.82, 2.24) is 0 Å². The Balaban J connectivity index is 1.98. The Bertz CT molecular complexity index is 731. The second-order valence-corrected chi connectivity index (χ2v) is 5.92. The summed E-state index contributed by atoms with van der Waals surface area (Å²) in [5.74, 6) is -1.71. The maximum absolute atomic E-state index is 13.5. The highest BCUT2D eigenvalue weighted by Gasteiger charge is 2.19. The maximum atomic E-state index is 13.5. The number of benzene rings is 2. The highest BCUT2D eigenvalue weighted by atomic mass is 79.9. The molecule has 1 N–H and O–H groups in total. The van der Waals surface area contributed by atoms with Crippen molar-refractivity contribution in [3.63, 3.8) is 0 Å². The maximum Gasteiger partial charge on any atom is 0.339 e. The molecule has 0 aliphatic rings. The van der Waals surface area contributed by atoms with Crippen molar-refractivity contribution in [3.8, 4) is 0 Å². The smallest absolute Gasteiger partial charge is 0.339 e. The molecule has 1 amide bonds. The summed E-state index contributed by atoms with van der Waals surface area (Å²) in [5, 5.41) is 2.64. The van der Waals surface area contributed by atoms with E-state index in [1.165, 1.54) is 19.1 Å². The zero-order valence-corrected chi connectivity index (χ0v) is 14.2.